The van der Waals surface area contributed by atoms with Crippen LogP contribution in [0.4, 0.5) is 5.69 Å². The number of aryl methyl sites for hydroxylation is 1. The first kappa shape index (κ1) is 12.4. The summed E-state index contributed by atoms with van der Waals surface area (Å²) in [7, 11) is 1.85. The summed E-state index contributed by atoms with van der Waals surface area (Å²) in [6.07, 6.45) is 1.86. The van der Waals surface area contributed by atoms with Crippen molar-refractivity contribution in [2.75, 3.05) is 5.32 Å². The molecule has 19 heavy (non-hydrogen) atoms. The van der Waals surface area contributed by atoms with Gasteiger partial charge in [0.15, 0.2) is 0 Å². The molecule has 0 spiro atoms. The van der Waals surface area contributed by atoms with Crippen LogP contribution in [-0.4, -0.2) is 10.5 Å². The second-order valence-corrected chi connectivity index (χ2v) is 6.15. The lowest BCUT2D eigenvalue weighted by atomic mass is 10.2. The first-order valence-electron chi connectivity index (χ1n) is 5.74. The third-order valence-corrected chi connectivity index (χ3v) is 4.25. The Hall–Kier alpha value is -1.59. The zero-order valence-electron chi connectivity index (χ0n) is 10.2. The van der Waals surface area contributed by atoms with E-state index in [0.717, 1.165) is 15.5 Å². The molecule has 0 atom stereocenters. The number of thiophene rings is 1. The molecule has 2 aromatic heterocycles. The third-order valence-electron chi connectivity index (χ3n) is 2.91. The predicted molar refractivity (Wildman–Crippen MR) is 82.9 cm³/mol. The van der Waals surface area contributed by atoms with Gasteiger partial charge >= 0.3 is 0 Å². The quantitative estimate of drug-likeness (QED) is 0.746. The molecule has 0 saturated heterocycles. The summed E-state index contributed by atoms with van der Waals surface area (Å²) in [5.74, 6) is -0.109. The number of fused-ring (bicyclic) bond motifs is 1. The molecular weight excluding hydrogens is 324 g/mol. The van der Waals surface area contributed by atoms with Crippen LogP contribution in [0.1, 0.15) is 10.5 Å². The fraction of sp³-hybridized carbons (Fsp3) is 0.0714. The monoisotopic (exact) mass is 334 g/mol. The van der Waals surface area contributed by atoms with Gasteiger partial charge in [0.05, 0.1) is 0 Å². The van der Waals surface area contributed by atoms with Crippen LogP contribution in [0.5, 0.6) is 0 Å². The zero-order chi connectivity index (χ0) is 13.4. The molecule has 0 unspecified atom stereocenters. The zero-order valence-corrected chi connectivity index (χ0v) is 12.6. The summed E-state index contributed by atoms with van der Waals surface area (Å²) in [5.41, 5.74) is 1.44. The summed E-state index contributed by atoms with van der Waals surface area (Å²) in [6.45, 7) is 0. The van der Waals surface area contributed by atoms with Gasteiger partial charge < -0.3 is 9.88 Å². The summed E-state index contributed by atoms with van der Waals surface area (Å²) in [6, 6.07) is 9.79. The van der Waals surface area contributed by atoms with Crippen molar-refractivity contribution in [3.05, 3.63) is 52.1 Å². The van der Waals surface area contributed by atoms with Crippen molar-refractivity contribution >= 4 is 48.9 Å². The minimum absolute atomic E-state index is 0.109. The van der Waals surface area contributed by atoms with E-state index in [4.69, 9.17) is 0 Å². The fourth-order valence-corrected chi connectivity index (χ4v) is 3.28. The van der Waals surface area contributed by atoms with Crippen molar-refractivity contribution in [2.24, 2.45) is 7.05 Å². The average molecular weight is 335 g/mol. The van der Waals surface area contributed by atoms with Crippen LogP contribution < -0.4 is 5.32 Å². The van der Waals surface area contributed by atoms with E-state index >= 15 is 0 Å². The first-order valence-corrected chi connectivity index (χ1v) is 7.41. The molecule has 96 valence electrons. The lowest BCUT2D eigenvalue weighted by Crippen LogP contribution is -2.15. The van der Waals surface area contributed by atoms with Gasteiger partial charge in [-0.2, -0.15) is 0 Å². The average Bonchev–Trinajstić information content (AvgIpc) is 2.94. The standard InChI is InChI=1S/C14H11BrN2OS/c1-17-8-10(15)7-12(17)14(18)16-11-2-3-13-9(6-11)4-5-19-13/h2-8H,1H3,(H,16,18). The SMILES string of the molecule is Cn1cc(Br)cc1C(=O)Nc1ccc2sccc2c1. The molecule has 0 aliphatic heterocycles. The molecule has 3 aromatic rings. The van der Waals surface area contributed by atoms with Gasteiger partial charge in [0.1, 0.15) is 5.69 Å². The van der Waals surface area contributed by atoms with Gasteiger partial charge in [-0.05, 0) is 57.0 Å². The number of aromatic nitrogens is 1. The van der Waals surface area contributed by atoms with Gasteiger partial charge in [-0.3, -0.25) is 4.79 Å². The Morgan fingerprint density at radius 1 is 1.32 bits per heavy atom. The minimum atomic E-state index is -0.109. The number of nitrogens with zero attached hydrogens (tertiary/aromatic N) is 1. The lowest BCUT2D eigenvalue weighted by molar-refractivity contribution is 0.101. The van der Waals surface area contributed by atoms with E-state index in [9.17, 15) is 4.79 Å². The number of hydrogen-bond donors (Lipinski definition) is 1. The maximum atomic E-state index is 12.2. The Morgan fingerprint density at radius 3 is 2.89 bits per heavy atom. The molecule has 0 fully saturated rings. The highest BCUT2D eigenvalue weighted by molar-refractivity contribution is 9.10. The molecule has 0 radical (unpaired) electrons. The van der Waals surface area contributed by atoms with Crippen LogP contribution >= 0.6 is 27.3 Å². The summed E-state index contributed by atoms with van der Waals surface area (Å²) >= 11 is 5.06. The van der Waals surface area contributed by atoms with Gasteiger partial charge in [-0.25, -0.2) is 0 Å². The van der Waals surface area contributed by atoms with E-state index < -0.39 is 0 Å². The molecule has 0 bridgehead atoms. The Kier molecular flexibility index (Phi) is 3.16. The number of amides is 1. The second kappa shape index (κ2) is 4.83. The number of carbonyl (C=O) groups excluding carboxylic acids is 1. The molecule has 3 nitrogen and oxygen atoms in total. The molecule has 2 heterocycles. The summed E-state index contributed by atoms with van der Waals surface area (Å²) in [4.78, 5) is 12.2. The van der Waals surface area contributed by atoms with E-state index in [2.05, 4.69) is 27.3 Å². The third kappa shape index (κ3) is 2.43. The van der Waals surface area contributed by atoms with Gasteiger partial charge in [0, 0.05) is 28.1 Å². The number of halogens is 1. The maximum Gasteiger partial charge on any atom is 0.272 e. The van der Waals surface area contributed by atoms with Crippen molar-refractivity contribution in [3.63, 3.8) is 0 Å². The predicted octanol–water partition coefficient (Wildman–Crippen LogP) is 4.25. The maximum absolute atomic E-state index is 12.2. The van der Waals surface area contributed by atoms with Crippen LogP contribution in [0, 0.1) is 0 Å². The van der Waals surface area contributed by atoms with Gasteiger partial charge in [0.2, 0.25) is 0 Å². The lowest BCUT2D eigenvalue weighted by Gasteiger charge is -2.06. The highest BCUT2D eigenvalue weighted by atomic mass is 79.9. The summed E-state index contributed by atoms with van der Waals surface area (Å²) < 4.78 is 3.91. The number of benzene rings is 1. The minimum Gasteiger partial charge on any atom is -0.345 e. The topological polar surface area (TPSA) is 34.0 Å². The Morgan fingerprint density at radius 2 is 2.16 bits per heavy atom. The van der Waals surface area contributed by atoms with Crippen molar-refractivity contribution in [2.45, 2.75) is 0 Å². The van der Waals surface area contributed by atoms with Crippen LogP contribution in [0.2, 0.25) is 0 Å². The number of carbonyl (C=O) groups is 1. The van der Waals surface area contributed by atoms with E-state index in [1.165, 1.54) is 4.70 Å². The van der Waals surface area contributed by atoms with Crippen LogP contribution in [0.25, 0.3) is 10.1 Å². The van der Waals surface area contributed by atoms with Gasteiger partial charge in [0.25, 0.3) is 5.91 Å². The second-order valence-electron chi connectivity index (χ2n) is 4.28. The van der Waals surface area contributed by atoms with E-state index in [1.54, 1.807) is 22.0 Å². The van der Waals surface area contributed by atoms with Crippen molar-refractivity contribution in [3.8, 4) is 0 Å². The molecule has 1 N–H and O–H groups in total. The summed E-state index contributed by atoms with van der Waals surface area (Å²) in [5, 5.41) is 6.11. The highest BCUT2D eigenvalue weighted by Gasteiger charge is 2.11. The molecule has 5 heteroatoms. The van der Waals surface area contributed by atoms with Gasteiger partial charge in [-0.1, -0.05) is 0 Å². The largest absolute Gasteiger partial charge is 0.345 e. The Labute approximate surface area is 123 Å². The fourth-order valence-electron chi connectivity index (χ4n) is 1.99. The normalized spacial score (nSPS) is 10.8. The van der Waals surface area contributed by atoms with Crippen LogP contribution in [-0.2, 0) is 7.05 Å². The van der Waals surface area contributed by atoms with Gasteiger partial charge in [-0.15, -0.1) is 11.3 Å². The Bertz CT molecular complexity index is 760. The number of anilines is 1. The smallest absolute Gasteiger partial charge is 0.272 e. The number of nitrogens with one attached hydrogen (secondary N) is 1. The van der Waals surface area contributed by atoms with Crippen molar-refractivity contribution < 1.29 is 4.79 Å². The molecule has 0 aliphatic carbocycles. The molecule has 0 aliphatic rings. The van der Waals surface area contributed by atoms with Crippen molar-refractivity contribution in [1.82, 2.24) is 4.57 Å². The first-order chi connectivity index (χ1) is 9.13. The van der Waals surface area contributed by atoms with Crippen molar-refractivity contribution in [1.29, 1.82) is 0 Å². The highest BCUT2D eigenvalue weighted by Crippen LogP contribution is 2.24. The Balaban J connectivity index is 1.88. The number of hydrogen-bond acceptors (Lipinski definition) is 2. The molecule has 1 aromatic carbocycles. The molecule has 3 rings (SSSR count). The van der Waals surface area contributed by atoms with E-state index in [-0.39, 0.29) is 5.91 Å². The number of rotatable bonds is 2. The van der Waals surface area contributed by atoms with Crippen LogP contribution in [0.3, 0.4) is 0 Å². The molecular formula is C14H11BrN2OS. The van der Waals surface area contributed by atoms with Crippen LogP contribution in [0.15, 0.2) is 46.4 Å². The van der Waals surface area contributed by atoms with E-state index in [1.807, 2.05) is 36.8 Å². The van der Waals surface area contributed by atoms with E-state index in [0.29, 0.717) is 5.69 Å². The molecule has 0 saturated carbocycles. The molecule has 1 amide bonds.